The highest BCUT2D eigenvalue weighted by molar-refractivity contribution is 14.1. The molecule has 0 atom stereocenters. The van der Waals surface area contributed by atoms with E-state index in [1.807, 2.05) is 11.8 Å². The number of nitrogens with zero attached hydrogens (tertiary/aromatic N) is 1. The van der Waals surface area contributed by atoms with Crippen molar-refractivity contribution in [3.05, 3.63) is 62.2 Å². The largest absolute Gasteiger partial charge is 0.416 e. The number of benzene rings is 2. The van der Waals surface area contributed by atoms with Crippen molar-refractivity contribution in [1.29, 1.82) is 0 Å². The van der Waals surface area contributed by atoms with Gasteiger partial charge in [-0.3, -0.25) is 9.69 Å². The highest BCUT2D eigenvalue weighted by atomic mass is 127. The van der Waals surface area contributed by atoms with Crippen molar-refractivity contribution in [1.82, 2.24) is 4.90 Å². The van der Waals surface area contributed by atoms with Gasteiger partial charge in [-0.05, 0) is 77.7 Å². The molecule has 2 N–H and O–H groups in total. The monoisotopic (exact) mass is 518 g/mol. The number of likely N-dealkylation sites (tertiary alicyclic amines) is 1. The fourth-order valence-corrected chi connectivity index (χ4v) is 3.83. The molecule has 3 rings (SSSR count). The third-order valence-electron chi connectivity index (χ3n) is 5.06. The number of amides is 1. The van der Waals surface area contributed by atoms with Crippen LogP contribution in [0.4, 0.5) is 18.9 Å². The van der Waals surface area contributed by atoms with Crippen molar-refractivity contribution in [2.75, 3.05) is 18.4 Å². The normalized spacial score (nSPS) is 16.1. The molecule has 0 aliphatic carbocycles. The maximum absolute atomic E-state index is 13.6. The lowest BCUT2D eigenvalue weighted by Crippen LogP contribution is -2.35. The van der Waals surface area contributed by atoms with E-state index in [1.54, 1.807) is 18.2 Å². The molecule has 0 saturated carbocycles. The Morgan fingerprint density at radius 3 is 2.52 bits per heavy atom. The van der Waals surface area contributed by atoms with Gasteiger partial charge in [0.1, 0.15) is 0 Å². The van der Waals surface area contributed by atoms with Gasteiger partial charge in [0.25, 0.3) is 5.91 Å². The minimum atomic E-state index is -4.52. The van der Waals surface area contributed by atoms with Crippen molar-refractivity contribution in [2.24, 2.45) is 0 Å². The zero-order chi connectivity index (χ0) is 21.2. The zero-order valence-electron chi connectivity index (χ0n) is 15.9. The van der Waals surface area contributed by atoms with Crippen molar-refractivity contribution in [2.45, 2.75) is 38.6 Å². The van der Waals surface area contributed by atoms with E-state index in [-0.39, 0.29) is 23.9 Å². The summed E-state index contributed by atoms with van der Waals surface area (Å²) in [6.07, 6.45) is -3.78. The molecule has 2 aromatic rings. The first-order valence-electron chi connectivity index (χ1n) is 9.31. The topological polar surface area (TPSA) is 52.6 Å². The summed E-state index contributed by atoms with van der Waals surface area (Å²) in [5.74, 6) is -0.450. The Balaban J connectivity index is 1.79. The van der Waals surface area contributed by atoms with E-state index in [0.29, 0.717) is 31.5 Å². The third-order valence-corrected chi connectivity index (χ3v) is 6.22. The molecule has 0 unspecified atom stereocenters. The van der Waals surface area contributed by atoms with Gasteiger partial charge in [-0.15, -0.1) is 0 Å². The Kier molecular flexibility index (Phi) is 6.85. The van der Waals surface area contributed by atoms with E-state index in [9.17, 15) is 23.1 Å². The number of aliphatic hydroxyl groups excluding tert-OH is 1. The highest BCUT2D eigenvalue weighted by Gasteiger charge is 2.34. The SMILES string of the molecule is Cc1ccc(C(=O)Nc2ccc(CN3CCC(O)CC3)c(C(F)(F)F)c2)cc1I. The number of aliphatic hydroxyl groups is 1. The van der Waals surface area contributed by atoms with Crippen LogP contribution >= 0.6 is 22.6 Å². The van der Waals surface area contributed by atoms with Crippen LogP contribution < -0.4 is 5.32 Å². The maximum Gasteiger partial charge on any atom is 0.416 e. The molecule has 1 aliphatic heterocycles. The lowest BCUT2D eigenvalue weighted by Gasteiger charge is -2.30. The molecule has 8 heteroatoms. The second kappa shape index (κ2) is 9.01. The lowest BCUT2D eigenvalue weighted by molar-refractivity contribution is -0.138. The van der Waals surface area contributed by atoms with E-state index in [0.717, 1.165) is 15.2 Å². The van der Waals surface area contributed by atoms with Gasteiger partial charge in [0.15, 0.2) is 0 Å². The predicted molar refractivity (Wildman–Crippen MR) is 114 cm³/mol. The minimum absolute atomic E-state index is 0.107. The number of aryl methyl sites for hydroxylation is 1. The standard InChI is InChI=1S/C21H22F3IN2O2/c1-13-2-3-14(10-19(13)25)20(29)26-16-5-4-15(18(11-16)21(22,23)24)12-27-8-6-17(28)7-9-27/h2-5,10-11,17,28H,6-9,12H2,1H3,(H,26,29). The van der Waals surface area contributed by atoms with Crippen molar-refractivity contribution >= 4 is 34.2 Å². The zero-order valence-corrected chi connectivity index (χ0v) is 18.0. The molecule has 1 heterocycles. The molecule has 0 bridgehead atoms. The Labute approximate surface area is 181 Å². The number of piperidine rings is 1. The molecule has 2 aromatic carbocycles. The van der Waals surface area contributed by atoms with Crippen LogP contribution in [-0.2, 0) is 12.7 Å². The minimum Gasteiger partial charge on any atom is -0.393 e. The molecule has 29 heavy (non-hydrogen) atoms. The Hall–Kier alpha value is -1.65. The van der Waals surface area contributed by atoms with Gasteiger partial charge in [0.05, 0.1) is 11.7 Å². The van der Waals surface area contributed by atoms with Crippen LogP contribution in [0, 0.1) is 10.5 Å². The van der Waals surface area contributed by atoms with Gasteiger partial charge in [-0.25, -0.2) is 0 Å². The van der Waals surface area contributed by atoms with Gasteiger partial charge in [0, 0.05) is 34.5 Å². The fraction of sp³-hybridized carbons (Fsp3) is 0.381. The van der Waals surface area contributed by atoms with E-state index in [4.69, 9.17) is 0 Å². The Bertz CT molecular complexity index is 894. The van der Waals surface area contributed by atoms with Crippen LogP contribution in [0.3, 0.4) is 0 Å². The number of rotatable bonds is 4. The number of alkyl halides is 3. The van der Waals surface area contributed by atoms with Crippen molar-refractivity contribution < 1.29 is 23.1 Å². The van der Waals surface area contributed by atoms with E-state index in [2.05, 4.69) is 27.9 Å². The van der Waals surface area contributed by atoms with Crippen molar-refractivity contribution in [3.8, 4) is 0 Å². The van der Waals surface area contributed by atoms with Crippen LogP contribution in [-0.4, -0.2) is 35.1 Å². The van der Waals surface area contributed by atoms with Gasteiger partial charge in [-0.1, -0.05) is 12.1 Å². The summed E-state index contributed by atoms with van der Waals surface area (Å²) in [7, 11) is 0. The van der Waals surface area contributed by atoms with E-state index >= 15 is 0 Å². The molecule has 0 spiro atoms. The van der Waals surface area contributed by atoms with Crippen LogP contribution in [0.2, 0.25) is 0 Å². The van der Waals surface area contributed by atoms with Crippen LogP contribution in [0.25, 0.3) is 0 Å². The molecule has 0 radical (unpaired) electrons. The molecule has 0 aromatic heterocycles. The smallest absolute Gasteiger partial charge is 0.393 e. The molecular formula is C21H22F3IN2O2. The molecular weight excluding hydrogens is 496 g/mol. The summed E-state index contributed by atoms with van der Waals surface area (Å²) in [6, 6.07) is 9.07. The first kappa shape index (κ1) is 22.0. The number of carbonyl (C=O) groups excluding carboxylic acids is 1. The Morgan fingerprint density at radius 2 is 1.90 bits per heavy atom. The number of anilines is 1. The summed E-state index contributed by atoms with van der Waals surface area (Å²) in [6.45, 7) is 3.19. The number of nitrogens with one attached hydrogen (secondary N) is 1. The summed E-state index contributed by atoms with van der Waals surface area (Å²) in [4.78, 5) is 14.4. The summed E-state index contributed by atoms with van der Waals surface area (Å²) >= 11 is 2.11. The quantitative estimate of drug-likeness (QED) is 0.571. The number of carbonyl (C=O) groups is 1. The van der Waals surface area contributed by atoms with Crippen LogP contribution in [0.15, 0.2) is 36.4 Å². The number of halogens is 4. The van der Waals surface area contributed by atoms with Crippen LogP contribution in [0.5, 0.6) is 0 Å². The number of hydrogen-bond acceptors (Lipinski definition) is 3. The second-order valence-corrected chi connectivity index (χ2v) is 8.46. The Morgan fingerprint density at radius 1 is 1.21 bits per heavy atom. The fourth-order valence-electron chi connectivity index (χ4n) is 3.31. The molecule has 1 aliphatic rings. The highest BCUT2D eigenvalue weighted by Crippen LogP contribution is 2.35. The van der Waals surface area contributed by atoms with Crippen molar-refractivity contribution in [3.63, 3.8) is 0 Å². The molecule has 4 nitrogen and oxygen atoms in total. The first-order chi connectivity index (χ1) is 13.6. The van der Waals surface area contributed by atoms with Crippen LogP contribution in [0.1, 0.15) is 39.9 Å². The summed E-state index contributed by atoms with van der Waals surface area (Å²) in [5, 5.41) is 12.1. The lowest BCUT2D eigenvalue weighted by atomic mass is 10.0. The average molecular weight is 518 g/mol. The first-order valence-corrected chi connectivity index (χ1v) is 10.4. The molecule has 1 saturated heterocycles. The average Bonchev–Trinajstić information content (AvgIpc) is 2.66. The summed E-state index contributed by atoms with van der Waals surface area (Å²) < 4.78 is 41.8. The third kappa shape index (κ3) is 5.70. The summed E-state index contributed by atoms with van der Waals surface area (Å²) in [5.41, 5.74) is 0.938. The molecule has 156 valence electrons. The molecule has 1 amide bonds. The van der Waals surface area contributed by atoms with Gasteiger partial charge in [-0.2, -0.15) is 13.2 Å². The maximum atomic E-state index is 13.6. The van der Waals surface area contributed by atoms with Gasteiger partial charge >= 0.3 is 6.18 Å². The number of hydrogen-bond donors (Lipinski definition) is 2. The predicted octanol–water partition coefficient (Wildman–Crippen LogP) is 4.83. The van der Waals surface area contributed by atoms with E-state index < -0.39 is 17.6 Å². The second-order valence-electron chi connectivity index (χ2n) is 7.30. The van der Waals surface area contributed by atoms with Gasteiger partial charge in [0.2, 0.25) is 0 Å². The molecule has 1 fully saturated rings. The van der Waals surface area contributed by atoms with E-state index in [1.165, 1.54) is 12.1 Å². The van der Waals surface area contributed by atoms with Gasteiger partial charge < -0.3 is 10.4 Å².